The van der Waals surface area contributed by atoms with Crippen LogP contribution in [-0.2, 0) is 0 Å². The summed E-state index contributed by atoms with van der Waals surface area (Å²) in [6.07, 6.45) is 2.84. The summed E-state index contributed by atoms with van der Waals surface area (Å²) in [4.78, 5) is 15.2. The van der Waals surface area contributed by atoms with E-state index >= 15 is 0 Å². The third-order valence-corrected chi connectivity index (χ3v) is 2.32. The summed E-state index contributed by atoms with van der Waals surface area (Å²) in [6.45, 7) is 3.03. The van der Waals surface area contributed by atoms with Crippen LogP contribution >= 0.6 is 0 Å². The van der Waals surface area contributed by atoms with Gasteiger partial charge in [-0.3, -0.25) is 4.79 Å². The van der Waals surface area contributed by atoms with Crippen molar-refractivity contribution in [3.8, 4) is 5.69 Å². The fourth-order valence-corrected chi connectivity index (χ4v) is 1.47. The van der Waals surface area contributed by atoms with Gasteiger partial charge in [-0.05, 0) is 31.5 Å². The van der Waals surface area contributed by atoms with Gasteiger partial charge >= 0.3 is 0 Å². The number of Topliss-reactive ketones (excluding diaryl/α,β-unsaturated/α-hetero) is 1. The van der Waals surface area contributed by atoms with Gasteiger partial charge in [0.1, 0.15) is 18.5 Å². The molecule has 0 spiro atoms. The molecule has 0 saturated heterocycles. The number of rotatable bonds is 2. The molecule has 0 radical (unpaired) electrons. The second kappa shape index (κ2) is 3.84. The van der Waals surface area contributed by atoms with Gasteiger partial charge in [0.25, 0.3) is 0 Å². The Bertz CT molecular complexity index is 534. The molecular formula is C11H10FN3O. The van der Waals surface area contributed by atoms with Crippen molar-refractivity contribution in [1.82, 2.24) is 14.8 Å². The molecule has 5 heteroatoms. The molecule has 0 unspecified atom stereocenters. The van der Waals surface area contributed by atoms with E-state index in [1.54, 1.807) is 13.0 Å². The van der Waals surface area contributed by atoms with Crippen molar-refractivity contribution in [3.63, 3.8) is 0 Å². The van der Waals surface area contributed by atoms with E-state index in [4.69, 9.17) is 0 Å². The predicted molar refractivity (Wildman–Crippen MR) is 56.1 cm³/mol. The first kappa shape index (κ1) is 10.5. The number of aryl methyl sites for hydroxylation is 1. The first-order chi connectivity index (χ1) is 7.59. The molecule has 4 nitrogen and oxygen atoms in total. The van der Waals surface area contributed by atoms with Crippen LogP contribution in [0.15, 0.2) is 24.8 Å². The van der Waals surface area contributed by atoms with E-state index in [9.17, 15) is 9.18 Å². The molecule has 1 aromatic heterocycles. The van der Waals surface area contributed by atoms with Crippen molar-refractivity contribution in [3.05, 3.63) is 41.7 Å². The van der Waals surface area contributed by atoms with Gasteiger partial charge in [-0.25, -0.2) is 14.1 Å². The second-order valence-electron chi connectivity index (χ2n) is 3.51. The SMILES string of the molecule is CC(=O)c1cc(F)c(C)cc1-n1cncn1. The van der Waals surface area contributed by atoms with Gasteiger partial charge in [-0.1, -0.05) is 0 Å². The van der Waals surface area contributed by atoms with Gasteiger partial charge in [0, 0.05) is 5.56 Å². The second-order valence-corrected chi connectivity index (χ2v) is 3.51. The van der Waals surface area contributed by atoms with E-state index in [1.165, 1.54) is 30.3 Å². The Kier molecular flexibility index (Phi) is 2.52. The van der Waals surface area contributed by atoms with Crippen LogP contribution in [0.3, 0.4) is 0 Å². The largest absolute Gasteiger partial charge is 0.294 e. The number of nitrogens with zero attached hydrogens (tertiary/aromatic N) is 3. The quantitative estimate of drug-likeness (QED) is 0.725. The highest BCUT2D eigenvalue weighted by Gasteiger charge is 2.13. The third-order valence-electron chi connectivity index (χ3n) is 2.32. The van der Waals surface area contributed by atoms with E-state index in [0.29, 0.717) is 16.8 Å². The number of ketones is 1. The number of aromatic nitrogens is 3. The lowest BCUT2D eigenvalue weighted by atomic mass is 10.1. The Balaban J connectivity index is 2.68. The van der Waals surface area contributed by atoms with E-state index in [2.05, 4.69) is 10.1 Å². The molecule has 0 atom stereocenters. The number of carbonyl (C=O) groups is 1. The lowest BCUT2D eigenvalue weighted by molar-refractivity contribution is 0.101. The highest BCUT2D eigenvalue weighted by atomic mass is 19.1. The summed E-state index contributed by atoms with van der Waals surface area (Å²) >= 11 is 0. The van der Waals surface area contributed by atoms with Gasteiger partial charge in [0.2, 0.25) is 0 Å². The van der Waals surface area contributed by atoms with Crippen molar-refractivity contribution in [1.29, 1.82) is 0 Å². The van der Waals surface area contributed by atoms with Gasteiger partial charge in [-0.2, -0.15) is 5.10 Å². The predicted octanol–water partition coefficient (Wildman–Crippen LogP) is 1.92. The molecule has 0 aliphatic heterocycles. The molecule has 2 rings (SSSR count). The smallest absolute Gasteiger partial charge is 0.162 e. The van der Waals surface area contributed by atoms with Crippen LogP contribution in [0.4, 0.5) is 4.39 Å². The van der Waals surface area contributed by atoms with Crippen molar-refractivity contribution < 1.29 is 9.18 Å². The molecule has 0 N–H and O–H groups in total. The van der Waals surface area contributed by atoms with Gasteiger partial charge < -0.3 is 0 Å². The fourth-order valence-electron chi connectivity index (χ4n) is 1.47. The van der Waals surface area contributed by atoms with Crippen LogP contribution in [0.1, 0.15) is 22.8 Å². The summed E-state index contributed by atoms with van der Waals surface area (Å²) in [6, 6.07) is 2.81. The summed E-state index contributed by atoms with van der Waals surface area (Å²) in [7, 11) is 0. The Morgan fingerprint density at radius 1 is 1.44 bits per heavy atom. The van der Waals surface area contributed by atoms with E-state index in [-0.39, 0.29) is 5.78 Å². The Morgan fingerprint density at radius 3 is 2.75 bits per heavy atom. The standard InChI is InChI=1S/C11H10FN3O/c1-7-3-11(15-6-13-5-14-15)9(8(2)16)4-10(7)12/h3-6H,1-2H3. The molecule has 0 aliphatic rings. The van der Waals surface area contributed by atoms with Gasteiger partial charge in [0.15, 0.2) is 5.78 Å². The molecule has 0 fully saturated rings. The topological polar surface area (TPSA) is 47.8 Å². The number of benzene rings is 1. The lowest BCUT2D eigenvalue weighted by Gasteiger charge is -2.08. The monoisotopic (exact) mass is 219 g/mol. The van der Waals surface area contributed by atoms with E-state index < -0.39 is 5.82 Å². The maximum Gasteiger partial charge on any atom is 0.162 e. The minimum Gasteiger partial charge on any atom is -0.294 e. The van der Waals surface area contributed by atoms with Crippen LogP contribution in [-0.4, -0.2) is 20.5 Å². The molecule has 16 heavy (non-hydrogen) atoms. The Hall–Kier alpha value is -2.04. The van der Waals surface area contributed by atoms with Crippen molar-refractivity contribution in [2.24, 2.45) is 0 Å². The normalized spacial score (nSPS) is 10.4. The van der Waals surface area contributed by atoms with Gasteiger partial charge in [-0.15, -0.1) is 0 Å². The van der Waals surface area contributed by atoms with Gasteiger partial charge in [0.05, 0.1) is 5.69 Å². The molecule has 0 amide bonds. The number of halogens is 1. The Morgan fingerprint density at radius 2 is 2.19 bits per heavy atom. The van der Waals surface area contributed by atoms with Crippen LogP contribution in [0.25, 0.3) is 5.69 Å². The molecule has 82 valence electrons. The summed E-state index contributed by atoms with van der Waals surface area (Å²) in [5, 5.41) is 3.93. The third kappa shape index (κ3) is 1.71. The van der Waals surface area contributed by atoms with Crippen molar-refractivity contribution in [2.45, 2.75) is 13.8 Å². The van der Waals surface area contributed by atoms with Crippen molar-refractivity contribution >= 4 is 5.78 Å². The average Bonchev–Trinajstić information content (AvgIpc) is 2.74. The van der Waals surface area contributed by atoms with E-state index in [1.807, 2.05) is 0 Å². The van der Waals surface area contributed by atoms with E-state index in [0.717, 1.165) is 0 Å². The molecule has 0 saturated carbocycles. The molecule has 1 heterocycles. The molecule has 1 aromatic carbocycles. The summed E-state index contributed by atoms with van der Waals surface area (Å²) in [5.41, 5.74) is 1.31. The zero-order chi connectivity index (χ0) is 11.7. The highest BCUT2D eigenvalue weighted by molar-refractivity contribution is 5.97. The summed E-state index contributed by atoms with van der Waals surface area (Å²) in [5.74, 6) is -0.599. The first-order valence-corrected chi connectivity index (χ1v) is 4.75. The lowest BCUT2D eigenvalue weighted by Crippen LogP contribution is -2.06. The maximum atomic E-state index is 13.4. The average molecular weight is 219 g/mol. The van der Waals surface area contributed by atoms with Crippen LogP contribution in [0.2, 0.25) is 0 Å². The summed E-state index contributed by atoms with van der Waals surface area (Å²) < 4.78 is 14.8. The van der Waals surface area contributed by atoms with Crippen LogP contribution in [0, 0.1) is 12.7 Å². The minimum absolute atomic E-state index is 0.204. The number of hydrogen-bond donors (Lipinski definition) is 0. The zero-order valence-electron chi connectivity index (χ0n) is 8.94. The van der Waals surface area contributed by atoms with Crippen LogP contribution < -0.4 is 0 Å². The maximum absolute atomic E-state index is 13.4. The number of hydrogen-bond acceptors (Lipinski definition) is 3. The fraction of sp³-hybridized carbons (Fsp3) is 0.182. The zero-order valence-corrected chi connectivity index (χ0v) is 8.94. The first-order valence-electron chi connectivity index (χ1n) is 4.75. The Labute approximate surface area is 91.7 Å². The van der Waals surface area contributed by atoms with Crippen LogP contribution in [0.5, 0.6) is 0 Å². The molecule has 0 aliphatic carbocycles. The van der Waals surface area contributed by atoms with Crippen molar-refractivity contribution in [2.75, 3.05) is 0 Å². The minimum atomic E-state index is -0.394. The molecule has 2 aromatic rings. The molecule has 0 bridgehead atoms. The molecular weight excluding hydrogens is 209 g/mol. The highest BCUT2D eigenvalue weighted by Crippen LogP contribution is 2.19. The number of carbonyl (C=O) groups excluding carboxylic acids is 1.